The third-order valence-corrected chi connectivity index (χ3v) is 2.65. The van der Waals surface area contributed by atoms with Crippen LogP contribution in [0, 0.1) is 5.92 Å². The van der Waals surface area contributed by atoms with Crippen LogP contribution in [-0.2, 0) is 0 Å². The minimum atomic E-state index is 0.492. The molecular weight excluding hydrogens is 212 g/mol. The first-order valence-electron chi connectivity index (χ1n) is 5.92. The lowest BCUT2D eigenvalue weighted by Crippen LogP contribution is -2.21. The maximum Gasteiger partial charge on any atom is 0.138 e. The van der Waals surface area contributed by atoms with Gasteiger partial charge in [0.25, 0.3) is 0 Å². The maximum absolute atomic E-state index is 5.73. The number of nitrogens with one attached hydrogen (secondary N) is 1. The van der Waals surface area contributed by atoms with Crippen LogP contribution in [0.2, 0.25) is 0 Å². The van der Waals surface area contributed by atoms with E-state index in [-0.39, 0.29) is 0 Å². The van der Waals surface area contributed by atoms with Crippen molar-refractivity contribution in [2.45, 2.75) is 6.92 Å². The number of benzene rings is 1. The number of fused-ring (bicyclic) bond motifs is 1. The highest BCUT2D eigenvalue weighted by Crippen LogP contribution is 2.18. The van der Waals surface area contributed by atoms with Crippen LogP contribution in [0.5, 0.6) is 5.75 Å². The van der Waals surface area contributed by atoms with Gasteiger partial charge in [0, 0.05) is 17.8 Å². The minimum absolute atomic E-state index is 0.492. The number of hydrogen-bond acceptors (Lipinski definition) is 3. The Kier molecular flexibility index (Phi) is 3.94. The second kappa shape index (κ2) is 5.64. The lowest BCUT2D eigenvalue weighted by atomic mass is 10.2. The first-order valence-corrected chi connectivity index (χ1v) is 5.92. The molecule has 3 heteroatoms. The number of pyridine rings is 1. The normalized spacial score (nSPS) is 12.6. The molecule has 90 valence electrons. The van der Waals surface area contributed by atoms with Crippen LogP contribution in [0.25, 0.3) is 10.9 Å². The Hall–Kier alpha value is -1.61. The Labute approximate surface area is 102 Å². The SMILES string of the molecule is CNCC(C)COc1cnc2ccccc2c1. The lowest BCUT2D eigenvalue weighted by Gasteiger charge is -2.12. The van der Waals surface area contributed by atoms with E-state index in [2.05, 4.69) is 17.2 Å². The van der Waals surface area contributed by atoms with Crippen molar-refractivity contribution >= 4 is 10.9 Å². The first-order chi connectivity index (χ1) is 8.29. The van der Waals surface area contributed by atoms with E-state index < -0.39 is 0 Å². The van der Waals surface area contributed by atoms with E-state index >= 15 is 0 Å². The van der Waals surface area contributed by atoms with E-state index in [1.165, 1.54) is 0 Å². The summed E-state index contributed by atoms with van der Waals surface area (Å²) in [5, 5.41) is 4.25. The quantitative estimate of drug-likeness (QED) is 0.856. The topological polar surface area (TPSA) is 34.1 Å². The Bertz CT molecular complexity index is 484. The van der Waals surface area contributed by atoms with E-state index in [0.717, 1.165) is 23.2 Å². The van der Waals surface area contributed by atoms with Gasteiger partial charge in [0.15, 0.2) is 0 Å². The van der Waals surface area contributed by atoms with Crippen LogP contribution in [-0.4, -0.2) is 25.2 Å². The van der Waals surface area contributed by atoms with Gasteiger partial charge in [-0.15, -0.1) is 0 Å². The largest absolute Gasteiger partial charge is 0.492 e. The molecule has 0 fully saturated rings. The minimum Gasteiger partial charge on any atom is -0.492 e. The predicted octanol–water partition coefficient (Wildman–Crippen LogP) is 2.47. The molecule has 0 aliphatic carbocycles. The van der Waals surface area contributed by atoms with Crippen LogP contribution in [0.3, 0.4) is 0 Å². The second-order valence-electron chi connectivity index (χ2n) is 4.34. The van der Waals surface area contributed by atoms with Gasteiger partial charge in [0.2, 0.25) is 0 Å². The molecule has 1 aromatic heterocycles. The Morgan fingerprint density at radius 1 is 1.35 bits per heavy atom. The number of hydrogen-bond donors (Lipinski definition) is 1. The highest BCUT2D eigenvalue weighted by Gasteiger charge is 2.03. The fourth-order valence-electron chi connectivity index (χ4n) is 1.78. The Balaban J connectivity index is 2.04. The molecule has 0 spiro atoms. The average Bonchev–Trinajstić information content (AvgIpc) is 2.36. The molecule has 0 amide bonds. The smallest absolute Gasteiger partial charge is 0.138 e. The molecule has 17 heavy (non-hydrogen) atoms. The Morgan fingerprint density at radius 2 is 2.18 bits per heavy atom. The third-order valence-electron chi connectivity index (χ3n) is 2.65. The standard InChI is InChI=1S/C14H18N2O/c1-11(8-15-2)10-17-13-7-12-5-3-4-6-14(12)16-9-13/h3-7,9,11,15H,8,10H2,1-2H3. The van der Waals surface area contributed by atoms with Gasteiger partial charge < -0.3 is 10.1 Å². The zero-order valence-corrected chi connectivity index (χ0v) is 10.3. The molecule has 1 heterocycles. The highest BCUT2D eigenvalue weighted by molar-refractivity contribution is 5.79. The molecule has 1 N–H and O–H groups in total. The van der Waals surface area contributed by atoms with Crippen LogP contribution in [0.4, 0.5) is 0 Å². The monoisotopic (exact) mass is 230 g/mol. The summed E-state index contributed by atoms with van der Waals surface area (Å²) < 4.78 is 5.73. The van der Waals surface area contributed by atoms with E-state index in [1.54, 1.807) is 6.20 Å². The van der Waals surface area contributed by atoms with Crippen molar-refractivity contribution in [1.82, 2.24) is 10.3 Å². The molecule has 2 rings (SSSR count). The molecule has 1 atom stereocenters. The highest BCUT2D eigenvalue weighted by atomic mass is 16.5. The van der Waals surface area contributed by atoms with E-state index in [4.69, 9.17) is 4.74 Å². The summed E-state index contributed by atoms with van der Waals surface area (Å²) in [5.74, 6) is 1.33. The van der Waals surface area contributed by atoms with Crippen LogP contribution >= 0.6 is 0 Å². The Morgan fingerprint density at radius 3 is 3.00 bits per heavy atom. The molecule has 1 unspecified atom stereocenters. The van der Waals surface area contributed by atoms with Crippen LogP contribution < -0.4 is 10.1 Å². The predicted molar refractivity (Wildman–Crippen MR) is 70.3 cm³/mol. The fraction of sp³-hybridized carbons (Fsp3) is 0.357. The number of ether oxygens (including phenoxy) is 1. The average molecular weight is 230 g/mol. The zero-order chi connectivity index (χ0) is 12.1. The zero-order valence-electron chi connectivity index (χ0n) is 10.3. The van der Waals surface area contributed by atoms with Crippen molar-refractivity contribution in [3.63, 3.8) is 0 Å². The van der Waals surface area contributed by atoms with Crippen LogP contribution in [0.1, 0.15) is 6.92 Å². The first kappa shape index (κ1) is 11.9. The molecule has 0 aliphatic rings. The van der Waals surface area contributed by atoms with Gasteiger partial charge >= 0.3 is 0 Å². The van der Waals surface area contributed by atoms with Gasteiger partial charge in [-0.2, -0.15) is 0 Å². The van der Waals surface area contributed by atoms with Crippen molar-refractivity contribution < 1.29 is 4.74 Å². The van der Waals surface area contributed by atoms with Gasteiger partial charge in [-0.3, -0.25) is 4.98 Å². The van der Waals surface area contributed by atoms with Crippen molar-refractivity contribution in [2.75, 3.05) is 20.2 Å². The summed E-state index contributed by atoms with van der Waals surface area (Å²) in [5.41, 5.74) is 1.00. The van der Waals surface area contributed by atoms with Crippen molar-refractivity contribution in [2.24, 2.45) is 5.92 Å². The van der Waals surface area contributed by atoms with Crippen molar-refractivity contribution in [3.05, 3.63) is 36.5 Å². The molecule has 0 saturated carbocycles. The summed E-state index contributed by atoms with van der Waals surface area (Å²) in [6.07, 6.45) is 1.79. The van der Waals surface area contributed by atoms with E-state index in [0.29, 0.717) is 12.5 Å². The molecule has 0 bridgehead atoms. The van der Waals surface area contributed by atoms with E-state index in [9.17, 15) is 0 Å². The third kappa shape index (κ3) is 3.17. The number of para-hydroxylation sites is 1. The molecule has 0 saturated heterocycles. The number of rotatable bonds is 5. The van der Waals surface area contributed by atoms with Crippen molar-refractivity contribution in [3.8, 4) is 5.75 Å². The number of nitrogens with zero attached hydrogens (tertiary/aromatic N) is 1. The molecule has 0 aliphatic heterocycles. The second-order valence-corrected chi connectivity index (χ2v) is 4.34. The number of aromatic nitrogens is 1. The van der Waals surface area contributed by atoms with Gasteiger partial charge in [0.1, 0.15) is 5.75 Å². The summed E-state index contributed by atoms with van der Waals surface area (Å²) in [6, 6.07) is 10.1. The summed E-state index contributed by atoms with van der Waals surface area (Å²) >= 11 is 0. The van der Waals surface area contributed by atoms with Gasteiger partial charge in [-0.25, -0.2) is 0 Å². The molecule has 0 radical (unpaired) electrons. The van der Waals surface area contributed by atoms with Gasteiger partial charge in [0.05, 0.1) is 18.3 Å². The summed E-state index contributed by atoms with van der Waals surface area (Å²) in [7, 11) is 1.95. The van der Waals surface area contributed by atoms with Crippen LogP contribution in [0.15, 0.2) is 36.5 Å². The van der Waals surface area contributed by atoms with Gasteiger partial charge in [-0.05, 0) is 19.2 Å². The molecular formula is C14H18N2O. The molecule has 3 nitrogen and oxygen atoms in total. The molecule has 1 aromatic carbocycles. The van der Waals surface area contributed by atoms with Crippen molar-refractivity contribution in [1.29, 1.82) is 0 Å². The maximum atomic E-state index is 5.73. The molecule has 2 aromatic rings. The fourth-order valence-corrected chi connectivity index (χ4v) is 1.78. The summed E-state index contributed by atoms with van der Waals surface area (Å²) in [4.78, 5) is 4.36. The van der Waals surface area contributed by atoms with Gasteiger partial charge in [-0.1, -0.05) is 25.1 Å². The van der Waals surface area contributed by atoms with E-state index in [1.807, 2.05) is 37.4 Å². The summed E-state index contributed by atoms with van der Waals surface area (Å²) in [6.45, 7) is 3.83. The lowest BCUT2D eigenvalue weighted by molar-refractivity contribution is 0.257.